The van der Waals surface area contributed by atoms with E-state index < -0.39 is 7.82 Å². The summed E-state index contributed by atoms with van der Waals surface area (Å²) in [5.41, 5.74) is 1.44. The van der Waals surface area contributed by atoms with E-state index in [2.05, 4.69) is 39.9 Å². The lowest BCUT2D eigenvalue weighted by Gasteiger charge is -2.05. The molecule has 6 heteroatoms. The molecule has 1 aromatic carbocycles. The predicted octanol–water partition coefficient (Wildman–Crippen LogP) is 5.17. The summed E-state index contributed by atoms with van der Waals surface area (Å²) >= 11 is 0. The first kappa shape index (κ1) is 21.3. The van der Waals surface area contributed by atoms with Crippen molar-refractivity contribution in [2.24, 2.45) is 0 Å². The molecule has 0 aromatic heterocycles. The molecule has 0 saturated carbocycles. The highest BCUT2D eigenvalue weighted by Gasteiger charge is 2.14. The van der Waals surface area contributed by atoms with Gasteiger partial charge in [0.2, 0.25) is 0 Å². The molecule has 0 amide bonds. The van der Waals surface area contributed by atoms with Gasteiger partial charge in [-0.05, 0) is 24.8 Å². The first-order valence-electron chi connectivity index (χ1n) is 8.98. The SMILES string of the molecule is O=P(O)(O)OOCCCCCCCCCCCCc1ccccc1. The van der Waals surface area contributed by atoms with Gasteiger partial charge in [0, 0.05) is 0 Å². The molecule has 0 aliphatic heterocycles. The van der Waals surface area contributed by atoms with Gasteiger partial charge >= 0.3 is 7.82 Å². The number of benzene rings is 1. The van der Waals surface area contributed by atoms with E-state index in [9.17, 15) is 4.57 Å². The smallest absolute Gasteiger partial charge is 0.301 e. The number of aryl methyl sites for hydroxylation is 1. The van der Waals surface area contributed by atoms with Crippen molar-refractivity contribution in [1.82, 2.24) is 0 Å². The van der Waals surface area contributed by atoms with Gasteiger partial charge in [-0.25, -0.2) is 9.45 Å². The molecule has 0 atom stereocenters. The van der Waals surface area contributed by atoms with Crippen LogP contribution in [0.2, 0.25) is 0 Å². The normalized spacial score (nSPS) is 11.8. The van der Waals surface area contributed by atoms with E-state index in [0.717, 1.165) is 19.3 Å². The average Bonchev–Trinajstić information content (AvgIpc) is 2.55. The zero-order valence-electron chi connectivity index (χ0n) is 14.4. The Morgan fingerprint density at radius 3 is 1.79 bits per heavy atom. The van der Waals surface area contributed by atoms with E-state index in [1.54, 1.807) is 0 Å². The van der Waals surface area contributed by atoms with E-state index in [1.807, 2.05) is 0 Å². The van der Waals surface area contributed by atoms with Crippen LogP contribution in [0.1, 0.15) is 69.8 Å². The standard InChI is InChI=1S/C18H31O5P/c19-24(20,21)23-22-17-13-8-6-4-2-1-3-5-7-10-14-18-15-11-9-12-16-18/h9,11-12,15-16H,1-8,10,13-14,17H2,(H2,19,20,21). The van der Waals surface area contributed by atoms with Gasteiger partial charge in [-0.2, -0.15) is 0 Å². The fourth-order valence-electron chi connectivity index (χ4n) is 2.65. The van der Waals surface area contributed by atoms with E-state index >= 15 is 0 Å². The summed E-state index contributed by atoms with van der Waals surface area (Å²) in [6, 6.07) is 10.7. The molecule has 5 nitrogen and oxygen atoms in total. The summed E-state index contributed by atoms with van der Waals surface area (Å²) in [6.45, 7) is 0.229. The maximum absolute atomic E-state index is 10.4. The fraction of sp³-hybridized carbons (Fsp3) is 0.667. The van der Waals surface area contributed by atoms with Crippen LogP contribution in [0.3, 0.4) is 0 Å². The molecule has 0 fully saturated rings. The van der Waals surface area contributed by atoms with Crippen molar-refractivity contribution in [1.29, 1.82) is 0 Å². The Hall–Kier alpha value is -0.710. The molecule has 2 N–H and O–H groups in total. The zero-order valence-corrected chi connectivity index (χ0v) is 15.3. The molecule has 0 aliphatic carbocycles. The maximum atomic E-state index is 10.4. The predicted molar refractivity (Wildman–Crippen MR) is 95.4 cm³/mol. The molecular weight excluding hydrogens is 327 g/mol. The highest BCUT2D eigenvalue weighted by Crippen LogP contribution is 2.35. The molecule has 0 unspecified atom stereocenters. The molecule has 1 rings (SSSR count). The van der Waals surface area contributed by atoms with Gasteiger partial charge in [-0.3, -0.25) is 0 Å². The molecule has 0 aliphatic rings. The third kappa shape index (κ3) is 13.7. The maximum Gasteiger partial charge on any atom is 0.496 e. The topological polar surface area (TPSA) is 76.0 Å². The van der Waals surface area contributed by atoms with Crippen LogP contribution >= 0.6 is 7.82 Å². The second-order valence-corrected chi connectivity index (χ2v) is 7.29. The second-order valence-electron chi connectivity index (χ2n) is 6.16. The van der Waals surface area contributed by atoms with E-state index in [0.29, 0.717) is 0 Å². The Bertz CT molecular complexity index is 446. The van der Waals surface area contributed by atoms with Crippen molar-refractivity contribution in [3.8, 4) is 0 Å². The summed E-state index contributed by atoms with van der Waals surface area (Å²) < 4.78 is 14.3. The third-order valence-electron chi connectivity index (χ3n) is 3.94. The average molecular weight is 358 g/mol. The van der Waals surface area contributed by atoms with Crippen LogP contribution in [0.4, 0.5) is 0 Å². The zero-order chi connectivity index (χ0) is 17.5. The van der Waals surface area contributed by atoms with Crippen LogP contribution in [0.25, 0.3) is 0 Å². The quantitative estimate of drug-likeness (QED) is 0.196. The van der Waals surface area contributed by atoms with Crippen molar-refractivity contribution in [3.05, 3.63) is 35.9 Å². The van der Waals surface area contributed by atoms with Gasteiger partial charge in [0.15, 0.2) is 0 Å². The van der Waals surface area contributed by atoms with E-state index in [1.165, 1.54) is 56.9 Å². The van der Waals surface area contributed by atoms with Gasteiger partial charge in [-0.15, -0.1) is 4.67 Å². The lowest BCUT2D eigenvalue weighted by Crippen LogP contribution is -1.95. The minimum absolute atomic E-state index is 0.229. The summed E-state index contributed by atoms with van der Waals surface area (Å²) in [6.07, 6.45) is 13.1. The third-order valence-corrected chi connectivity index (χ3v) is 4.24. The van der Waals surface area contributed by atoms with Crippen LogP contribution in [0, 0.1) is 0 Å². The van der Waals surface area contributed by atoms with Crippen molar-refractivity contribution in [3.63, 3.8) is 0 Å². The molecule has 1 aromatic rings. The van der Waals surface area contributed by atoms with Crippen LogP contribution in [0.5, 0.6) is 0 Å². The van der Waals surface area contributed by atoms with Gasteiger partial charge < -0.3 is 9.79 Å². The molecule has 0 bridgehead atoms. The summed E-state index contributed by atoms with van der Waals surface area (Å²) in [5.74, 6) is 0. The first-order chi connectivity index (χ1) is 11.6. The monoisotopic (exact) mass is 358 g/mol. The van der Waals surface area contributed by atoms with E-state index in [-0.39, 0.29) is 6.61 Å². The Morgan fingerprint density at radius 2 is 1.25 bits per heavy atom. The van der Waals surface area contributed by atoms with Crippen molar-refractivity contribution < 1.29 is 23.9 Å². The Kier molecular flexibility index (Phi) is 12.1. The second kappa shape index (κ2) is 13.6. The van der Waals surface area contributed by atoms with Crippen LogP contribution in [-0.2, 0) is 20.5 Å². The number of hydrogen-bond acceptors (Lipinski definition) is 3. The van der Waals surface area contributed by atoms with Gasteiger partial charge in [0.1, 0.15) is 0 Å². The van der Waals surface area contributed by atoms with Crippen LogP contribution < -0.4 is 0 Å². The van der Waals surface area contributed by atoms with E-state index in [4.69, 9.17) is 9.79 Å². The molecular formula is C18H31O5P. The Morgan fingerprint density at radius 1 is 0.750 bits per heavy atom. The first-order valence-corrected chi connectivity index (χ1v) is 10.5. The van der Waals surface area contributed by atoms with Gasteiger partial charge in [0.05, 0.1) is 6.61 Å². The van der Waals surface area contributed by atoms with Crippen LogP contribution in [-0.4, -0.2) is 16.4 Å². The van der Waals surface area contributed by atoms with Gasteiger partial charge in [0.25, 0.3) is 0 Å². The number of phosphoric acid groups is 1. The number of unbranched alkanes of at least 4 members (excludes halogenated alkanes) is 9. The fourth-order valence-corrected chi connectivity index (χ4v) is 2.87. The molecule has 0 saturated heterocycles. The minimum atomic E-state index is -4.49. The van der Waals surface area contributed by atoms with Crippen molar-refractivity contribution >= 4 is 7.82 Å². The lowest BCUT2D eigenvalue weighted by molar-refractivity contribution is -0.222. The highest BCUT2D eigenvalue weighted by atomic mass is 31.2. The summed E-state index contributed by atoms with van der Waals surface area (Å²) in [5, 5.41) is 0. The number of hydrogen-bond donors (Lipinski definition) is 2. The summed E-state index contributed by atoms with van der Waals surface area (Å²) in [4.78, 5) is 21.3. The highest BCUT2D eigenvalue weighted by molar-refractivity contribution is 7.46. The molecule has 138 valence electrons. The largest absolute Gasteiger partial charge is 0.496 e. The lowest BCUT2D eigenvalue weighted by atomic mass is 10.0. The van der Waals surface area contributed by atoms with Crippen molar-refractivity contribution in [2.75, 3.05) is 6.61 Å². The van der Waals surface area contributed by atoms with Gasteiger partial charge in [-0.1, -0.05) is 81.7 Å². The number of rotatable bonds is 15. The van der Waals surface area contributed by atoms with Crippen LogP contribution in [0.15, 0.2) is 30.3 Å². The Balaban J connectivity index is 1.75. The Labute approximate surface area is 145 Å². The minimum Gasteiger partial charge on any atom is -0.301 e. The summed E-state index contributed by atoms with van der Waals surface area (Å²) in [7, 11) is -4.49. The molecule has 0 radical (unpaired) electrons. The molecule has 0 heterocycles. The molecule has 0 spiro atoms. The molecule has 24 heavy (non-hydrogen) atoms. The van der Waals surface area contributed by atoms with Crippen molar-refractivity contribution in [2.45, 2.75) is 70.6 Å².